The number of nitrogens with one attached hydrogen (secondary N) is 3. The fourth-order valence-electron chi connectivity index (χ4n) is 6.88. The molecule has 0 saturated carbocycles. The summed E-state index contributed by atoms with van der Waals surface area (Å²) in [7, 11) is 1.84. The van der Waals surface area contributed by atoms with Crippen LogP contribution in [0.2, 0.25) is 10.0 Å². The number of nitrogens with zero attached hydrogens (tertiary/aromatic N) is 4. The predicted molar refractivity (Wildman–Crippen MR) is 186 cm³/mol. The lowest BCUT2D eigenvalue weighted by Gasteiger charge is -2.29. The second-order valence-corrected chi connectivity index (χ2v) is 13.4. The van der Waals surface area contributed by atoms with Gasteiger partial charge >= 0.3 is 0 Å². The molecule has 2 aromatic carbocycles. The Balaban J connectivity index is 0.923. The lowest BCUT2D eigenvalue weighted by atomic mass is 9.99. The molecule has 1 unspecified atom stereocenters. The maximum atomic E-state index is 13.2. The molecule has 3 aliphatic rings. The second kappa shape index (κ2) is 13.7. The largest absolute Gasteiger partial charge is 0.357 e. The maximum absolute atomic E-state index is 13.2. The summed E-state index contributed by atoms with van der Waals surface area (Å²) in [5, 5.41) is 11.3. The third-order valence-corrected chi connectivity index (χ3v) is 10.2. The molecule has 256 valence electrons. The molecule has 1 atom stereocenters. The molecule has 1 saturated heterocycles. The van der Waals surface area contributed by atoms with E-state index < -0.39 is 11.9 Å². The van der Waals surface area contributed by atoms with Gasteiger partial charge in [-0.1, -0.05) is 41.1 Å². The number of amides is 5. The van der Waals surface area contributed by atoms with Gasteiger partial charge in [-0.3, -0.25) is 34.0 Å². The number of aromatic nitrogens is 3. The highest BCUT2D eigenvalue weighted by molar-refractivity contribution is 6.45. The standard InChI is InChI=1S/C36H33Cl2N7O5/c1-43-14-12-27(42-43)22-16-25(37)33(38)34-32(22)24-18-44(15-13-26(24)40-34)31(48)17-39-29(46)9-4-2-3-6-20-7-5-8-21-23(20)19-45(36(21)50)28-10-11-30(47)41-35(28)49/h5,7-8,12,14,16,28,40H,2,4,9-11,13,15,17-19H2,1H3,(H,39,46)(H,41,47,49). The van der Waals surface area contributed by atoms with Crippen molar-refractivity contribution >= 4 is 63.6 Å². The molecule has 12 nitrogen and oxygen atoms in total. The Morgan fingerprint density at radius 3 is 2.70 bits per heavy atom. The van der Waals surface area contributed by atoms with Crippen LogP contribution in [-0.4, -0.2) is 73.2 Å². The number of rotatable bonds is 7. The molecule has 5 amide bonds. The molecule has 2 aromatic heterocycles. The van der Waals surface area contributed by atoms with Gasteiger partial charge in [0.15, 0.2) is 0 Å². The van der Waals surface area contributed by atoms with E-state index in [4.69, 9.17) is 23.2 Å². The zero-order chi connectivity index (χ0) is 35.1. The summed E-state index contributed by atoms with van der Waals surface area (Å²) < 4.78 is 1.71. The van der Waals surface area contributed by atoms with Crippen molar-refractivity contribution in [2.75, 3.05) is 13.1 Å². The van der Waals surface area contributed by atoms with Gasteiger partial charge in [0.05, 0.1) is 27.8 Å². The van der Waals surface area contributed by atoms with E-state index >= 15 is 0 Å². The van der Waals surface area contributed by atoms with Crippen LogP contribution in [0.1, 0.15) is 64.8 Å². The number of aromatic amines is 1. The zero-order valence-corrected chi connectivity index (χ0v) is 28.7. The quantitative estimate of drug-likeness (QED) is 0.151. The number of piperidine rings is 1. The van der Waals surface area contributed by atoms with E-state index in [1.807, 2.05) is 25.4 Å². The number of hydrogen-bond acceptors (Lipinski definition) is 6. The van der Waals surface area contributed by atoms with Crippen molar-refractivity contribution in [3.05, 3.63) is 74.5 Å². The van der Waals surface area contributed by atoms with Gasteiger partial charge in [-0.25, -0.2) is 0 Å². The van der Waals surface area contributed by atoms with Crippen LogP contribution in [-0.2, 0) is 45.7 Å². The van der Waals surface area contributed by atoms with Crippen LogP contribution in [0, 0.1) is 11.8 Å². The average Bonchev–Trinajstić information content (AvgIpc) is 3.80. The summed E-state index contributed by atoms with van der Waals surface area (Å²) >= 11 is 13.1. The minimum Gasteiger partial charge on any atom is -0.357 e. The van der Waals surface area contributed by atoms with Crippen molar-refractivity contribution in [1.29, 1.82) is 0 Å². The first-order valence-electron chi connectivity index (χ1n) is 16.4. The topological polar surface area (TPSA) is 150 Å². The summed E-state index contributed by atoms with van der Waals surface area (Å²) in [6.07, 6.45) is 4.07. The first-order chi connectivity index (χ1) is 24.1. The van der Waals surface area contributed by atoms with Crippen molar-refractivity contribution in [2.24, 2.45) is 7.05 Å². The predicted octanol–water partition coefficient (Wildman–Crippen LogP) is 3.86. The average molecular weight is 715 g/mol. The van der Waals surface area contributed by atoms with Crippen LogP contribution in [0.3, 0.4) is 0 Å². The van der Waals surface area contributed by atoms with Gasteiger partial charge in [0.25, 0.3) is 5.91 Å². The van der Waals surface area contributed by atoms with Crippen molar-refractivity contribution < 1.29 is 24.0 Å². The first kappa shape index (κ1) is 33.4. The number of imide groups is 1. The van der Waals surface area contributed by atoms with Gasteiger partial charge in [0.2, 0.25) is 23.6 Å². The number of aryl methyl sites for hydroxylation is 1. The number of hydrogen-bond donors (Lipinski definition) is 3. The molecule has 50 heavy (non-hydrogen) atoms. The fourth-order valence-corrected chi connectivity index (χ4v) is 7.28. The SMILES string of the molecule is Cn1ccc(-c2cc(Cl)c(Cl)c3[nH]c4c(c23)CN(C(=O)CNC(=O)CCCC#Cc2cccc3c2CN(C2CCC(=O)NC2=O)C3=O)CC4)n1. The van der Waals surface area contributed by atoms with Gasteiger partial charge in [0, 0.05) is 91.9 Å². The van der Waals surface area contributed by atoms with E-state index in [0.29, 0.717) is 59.9 Å². The number of carbonyl (C=O) groups is 5. The van der Waals surface area contributed by atoms with Crippen LogP contribution >= 0.6 is 23.2 Å². The van der Waals surface area contributed by atoms with Gasteiger partial charge in [0.1, 0.15) is 6.04 Å². The monoisotopic (exact) mass is 713 g/mol. The minimum absolute atomic E-state index is 0.115. The van der Waals surface area contributed by atoms with E-state index in [0.717, 1.165) is 39.0 Å². The summed E-state index contributed by atoms with van der Waals surface area (Å²) in [5.74, 6) is 4.74. The van der Waals surface area contributed by atoms with Crippen molar-refractivity contribution in [1.82, 2.24) is 35.2 Å². The van der Waals surface area contributed by atoms with Crippen LogP contribution < -0.4 is 10.6 Å². The fraction of sp³-hybridized carbons (Fsp3) is 0.333. The Hall–Kier alpha value is -5.12. The number of fused-ring (bicyclic) bond motifs is 4. The van der Waals surface area contributed by atoms with Gasteiger partial charge in [-0.2, -0.15) is 5.10 Å². The maximum Gasteiger partial charge on any atom is 0.255 e. The number of benzene rings is 2. The second-order valence-electron chi connectivity index (χ2n) is 12.7. The van der Waals surface area contributed by atoms with E-state index in [1.165, 1.54) is 4.90 Å². The van der Waals surface area contributed by atoms with E-state index in [2.05, 4.69) is 32.6 Å². The highest BCUT2D eigenvalue weighted by Gasteiger charge is 2.39. The number of carbonyl (C=O) groups excluding carboxylic acids is 5. The summed E-state index contributed by atoms with van der Waals surface area (Å²) in [6.45, 7) is 0.982. The Labute approximate surface area is 297 Å². The molecular formula is C36H33Cl2N7O5. The molecule has 14 heteroatoms. The molecule has 3 N–H and O–H groups in total. The zero-order valence-electron chi connectivity index (χ0n) is 27.2. The van der Waals surface area contributed by atoms with Gasteiger partial charge in [-0.15, -0.1) is 0 Å². The molecule has 0 aliphatic carbocycles. The van der Waals surface area contributed by atoms with Crippen LogP contribution in [0.15, 0.2) is 36.5 Å². The molecule has 0 radical (unpaired) electrons. The van der Waals surface area contributed by atoms with E-state index in [1.54, 1.807) is 27.8 Å². The summed E-state index contributed by atoms with van der Waals surface area (Å²) in [6, 6.07) is 8.32. The Morgan fingerprint density at radius 2 is 1.92 bits per heavy atom. The van der Waals surface area contributed by atoms with Crippen molar-refractivity contribution in [3.8, 4) is 23.1 Å². The Bertz CT molecular complexity index is 2160. The lowest BCUT2D eigenvalue weighted by Crippen LogP contribution is -2.52. The Kier molecular flexibility index (Phi) is 9.11. The van der Waals surface area contributed by atoms with E-state index in [-0.39, 0.29) is 49.6 Å². The smallest absolute Gasteiger partial charge is 0.255 e. The number of unbranched alkanes of at least 4 members (excludes halogenated alkanes) is 1. The molecular weight excluding hydrogens is 681 g/mol. The molecule has 3 aliphatic heterocycles. The van der Waals surface area contributed by atoms with E-state index in [9.17, 15) is 24.0 Å². The molecule has 1 fully saturated rings. The molecule has 0 spiro atoms. The number of halogens is 2. The minimum atomic E-state index is -0.691. The summed E-state index contributed by atoms with van der Waals surface area (Å²) in [4.78, 5) is 69.5. The summed E-state index contributed by atoms with van der Waals surface area (Å²) in [5.41, 5.74) is 6.20. The molecule has 5 heterocycles. The molecule has 7 rings (SSSR count). The molecule has 4 aromatic rings. The third-order valence-electron chi connectivity index (χ3n) is 9.43. The van der Waals surface area contributed by atoms with Gasteiger partial charge in [-0.05, 0) is 42.7 Å². The third kappa shape index (κ3) is 6.34. The van der Waals surface area contributed by atoms with Crippen molar-refractivity contribution in [3.63, 3.8) is 0 Å². The van der Waals surface area contributed by atoms with Crippen LogP contribution in [0.5, 0.6) is 0 Å². The normalized spacial score (nSPS) is 16.9. The lowest BCUT2D eigenvalue weighted by molar-refractivity contribution is -0.137. The Morgan fingerprint density at radius 1 is 1.08 bits per heavy atom. The highest BCUT2D eigenvalue weighted by Crippen LogP contribution is 2.42. The first-order valence-corrected chi connectivity index (χ1v) is 17.2. The highest BCUT2D eigenvalue weighted by atomic mass is 35.5. The van der Waals surface area contributed by atoms with Gasteiger partial charge < -0.3 is 20.1 Å². The molecule has 0 bridgehead atoms. The van der Waals surface area contributed by atoms with Crippen LogP contribution in [0.25, 0.3) is 22.2 Å². The van der Waals surface area contributed by atoms with Crippen molar-refractivity contribution in [2.45, 2.75) is 57.7 Å². The number of H-pyrrole nitrogens is 1. The van der Waals surface area contributed by atoms with Crippen LogP contribution in [0.4, 0.5) is 0 Å².